The molecule has 0 fully saturated rings. The summed E-state index contributed by atoms with van der Waals surface area (Å²) in [6.45, 7) is 3.03. The molecule has 1 rings (SSSR count). The zero-order chi connectivity index (χ0) is 9.68. The van der Waals surface area contributed by atoms with Gasteiger partial charge in [0.2, 0.25) is 0 Å². The molecule has 0 saturated carbocycles. The van der Waals surface area contributed by atoms with Crippen molar-refractivity contribution >= 4 is 11.6 Å². The van der Waals surface area contributed by atoms with Crippen molar-refractivity contribution in [1.82, 2.24) is 5.43 Å². The third-order valence-corrected chi connectivity index (χ3v) is 1.83. The molecule has 0 radical (unpaired) electrons. The number of halogens is 1. The number of furan rings is 1. The average molecular weight is 205 g/mol. The maximum atomic E-state index is 5.62. The van der Waals surface area contributed by atoms with Gasteiger partial charge in [0.1, 0.15) is 11.8 Å². The average Bonchev–Trinajstić information content (AvgIpc) is 2.54. The zero-order valence-corrected chi connectivity index (χ0v) is 8.17. The summed E-state index contributed by atoms with van der Waals surface area (Å²) in [6.07, 6.45) is 0. The van der Waals surface area contributed by atoms with Crippen LogP contribution in [0, 0.1) is 0 Å². The first-order chi connectivity index (χ1) is 6.27. The van der Waals surface area contributed by atoms with Crippen LogP contribution in [-0.4, -0.2) is 13.2 Å². The minimum Gasteiger partial charge on any atom is -0.448 e. The molecule has 0 amide bonds. The van der Waals surface area contributed by atoms with Crippen LogP contribution in [-0.2, 0) is 4.74 Å². The molecule has 0 aliphatic heterocycles. The van der Waals surface area contributed by atoms with Crippen LogP contribution in [0.4, 0.5) is 0 Å². The van der Waals surface area contributed by atoms with E-state index in [2.05, 4.69) is 5.43 Å². The Labute approximate surface area is 82.0 Å². The van der Waals surface area contributed by atoms with E-state index in [0.29, 0.717) is 24.2 Å². The molecular weight excluding hydrogens is 192 g/mol. The Kier molecular flexibility index (Phi) is 4.24. The van der Waals surface area contributed by atoms with E-state index in [0.717, 1.165) is 0 Å². The minimum absolute atomic E-state index is 0.146. The van der Waals surface area contributed by atoms with Crippen molar-refractivity contribution in [2.24, 2.45) is 5.84 Å². The van der Waals surface area contributed by atoms with Gasteiger partial charge in [-0.3, -0.25) is 5.84 Å². The van der Waals surface area contributed by atoms with Gasteiger partial charge in [0.05, 0.1) is 6.61 Å². The van der Waals surface area contributed by atoms with Gasteiger partial charge in [-0.15, -0.1) is 0 Å². The fourth-order valence-electron chi connectivity index (χ4n) is 0.964. The number of hydrazine groups is 1. The van der Waals surface area contributed by atoms with Gasteiger partial charge >= 0.3 is 0 Å². The lowest BCUT2D eigenvalue weighted by atomic mass is 10.2. The van der Waals surface area contributed by atoms with Crippen LogP contribution >= 0.6 is 11.6 Å². The van der Waals surface area contributed by atoms with Gasteiger partial charge in [-0.25, -0.2) is 5.43 Å². The molecule has 3 N–H and O–H groups in total. The monoisotopic (exact) mass is 204 g/mol. The summed E-state index contributed by atoms with van der Waals surface area (Å²) in [7, 11) is 0. The second kappa shape index (κ2) is 5.24. The summed E-state index contributed by atoms with van der Waals surface area (Å²) in [4.78, 5) is 0. The van der Waals surface area contributed by atoms with Crippen LogP contribution in [0.15, 0.2) is 16.5 Å². The molecule has 0 bridgehead atoms. The van der Waals surface area contributed by atoms with Crippen molar-refractivity contribution in [1.29, 1.82) is 0 Å². The Morgan fingerprint density at radius 1 is 1.69 bits per heavy atom. The van der Waals surface area contributed by atoms with Crippen molar-refractivity contribution in [3.63, 3.8) is 0 Å². The first-order valence-corrected chi connectivity index (χ1v) is 4.44. The van der Waals surface area contributed by atoms with Gasteiger partial charge in [-0.1, -0.05) is 0 Å². The van der Waals surface area contributed by atoms with Gasteiger partial charge in [-0.2, -0.15) is 0 Å². The summed E-state index contributed by atoms with van der Waals surface area (Å²) < 4.78 is 10.4. The Hall–Kier alpha value is -0.550. The van der Waals surface area contributed by atoms with Gasteiger partial charge in [-0.05, 0) is 30.7 Å². The normalized spacial score (nSPS) is 13.2. The van der Waals surface area contributed by atoms with Crippen molar-refractivity contribution in [3.05, 3.63) is 23.1 Å². The minimum atomic E-state index is -0.146. The van der Waals surface area contributed by atoms with Gasteiger partial charge in [0.25, 0.3) is 0 Å². The third kappa shape index (κ3) is 3.00. The molecule has 4 nitrogen and oxygen atoms in total. The van der Waals surface area contributed by atoms with Crippen molar-refractivity contribution in [3.8, 4) is 0 Å². The fourth-order valence-corrected chi connectivity index (χ4v) is 1.12. The van der Waals surface area contributed by atoms with Crippen LogP contribution in [0.2, 0.25) is 5.22 Å². The molecular formula is C8H13ClN2O2. The van der Waals surface area contributed by atoms with Crippen LogP contribution in [0.25, 0.3) is 0 Å². The van der Waals surface area contributed by atoms with E-state index in [1.165, 1.54) is 0 Å². The Balaban J connectivity index is 2.56. The van der Waals surface area contributed by atoms with E-state index in [4.69, 9.17) is 26.6 Å². The number of rotatable bonds is 5. The quantitative estimate of drug-likeness (QED) is 0.564. The summed E-state index contributed by atoms with van der Waals surface area (Å²) in [6, 6.07) is 3.30. The maximum absolute atomic E-state index is 5.62. The van der Waals surface area contributed by atoms with Crippen LogP contribution in [0.1, 0.15) is 18.7 Å². The first-order valence-electron chi connectivity index (χ1n) is 4.07. The van der Waals surface area contributed by atoms with E-state index in [1.807, 2.05) is 6.92 Å². The molecule has 0 aromatic carbocycles. The summed E-state index contributed by atoms with van der Waals surface area (Å²) in [5, 5.41) is 0.353. The number of nitrogens with two attached hydrogens (primary N) is 1. The highest BCUT2D eigenvalue weighted by molar-refractivity contribution is 6.28. The number of hydrogen-bond donors (Lipinski definition) is 2. The molecule has 0 saturated heterocycles. The highest BCUT2D eigenvalue weighted by atomic mass is 35.5. The Morgan fingerprint density at radius 2 is 2.46 bits per heavy atom. The summed E-state index contributed by atoms with van der Waals surface area (Å²) in [5.41, 5.74) is 2.59. The predicted octanol–water partition coefficient (Wildman–Crippen LogP) is 1.47. The third-order valence-electron chi connectivity index (χ3n) is 1.63. The predicted molar refractivity (Wildman–Crippen MR) is 50.3 cm³/mol. The molecule has 13 heavy (non-hydrogen) atoms. The van der Waals surface area contributed by atoms with Gasteiger partial charge in [0, 0.05) is 6.61 Å². The molecule has 74 valence electrons. The number of hydrogen-bond acceptors (Lipinski definition) is 4. The van der Waals surface area contributed by atoms with Crippen LogP contribution in [0.3, 0.4) is 0 Å². The topological polar surface area (TPSA) is 60.4 Å². The lowest BCUT2D eigenvalue weighted by Crippen LogP contribution is -2.31. The highest BCUT2D eigenvalue weighted by Gasteiger charge is 2.13. The lowest BCUT2D eigenvalue weighted by molar-refractivity contribution is 0.116. The van der Waals surface area contributed by atoms with E-state index >= 15 is 0 Å². The fraction of sp³-hybridized carbons (Fsp3) is 0.500. The smallest absolute Gasteiger partial charge is 0.193 e. The second-order valence-electron chi connectivity index (χ2n) is 2.52. The van der Waals surface area contributed by atoms with Crippen molar-refractivity contribution < 1.29 is 9.15 Å². The molecule has 0 spiro atoms. The van der Waals surface area contributed by atoms with Crippen molar-refractivity contribution in [2.45, 2.75) is 13.0 Å². The SMILES string of the molecule is CCOCC(NN)c1ccc(Cl)o1. The zero-order valence-electron chi connectivity index (χ0n) is 7.42. The van der Waals surface area contributed by atoms with Crippen LogP contribution < -0.4 is 11.3 Å². The highest BCUT2D eigenvalue weighted by Crippen LogP contribution is 2.19. The first kappa shape index (κ1) is 10.5. The van der Waals surface area contributed by atoms with E-state index in [-0.39, 0.29) is 6.04 Å². The molecule has 5 heteroatoms. The largest absolute Gasteiger partial charge is 0.448 e. The lowest BCUT2D eigenvalue weighted by Gasteiger charge is -2.12. The Morgan fingerprint density at radius 3 is 2.92 bits per heavy atom. The van der Waals surface area contributed by atoms with E-state index in [9.17, 15) is 0 Å². The summed E-state index contributed by atoms with van der Waals surface area (Å²) in [5.74, 6) is 6.00. The molecule has 1 unspecified atom stereocenters. The number of ether oxygens (including phenoxy) is 1. The second-order valence-corrected chi connectivity index (χ2v) is 2.89. The van der Waals surface area contributed by atoms with Gasteiger partial charge < -0.3 is 9.15 Å². The molecule has 1 aromatic rings. The van der Waals surface area contributed by atoms with E-state index < -0.39 is 0 Å². The van der Waals surface area contributed by atoms with Crippen molar-refractivity contribution in [2.75, 3.05) is 13.2 Å². The summed E-state index contributed by atoms with van der Waals surface area (Å²) >= 11 is 5.62. The molecule has 0 aliphatic rings. The standard InChI is InChI=1S/C8H13ClN2O2/c1-2-12-5-6(11-10)7-3-4-8(9)13-7/h3-4,6,11H,2,5,10H2,1H3. The number of nitrogens with one attached hydrogen (secondary N) is 1. The molecule has 1 aromatic heterocycles. The van der Waals surface area contributed by atoms with Crippen LogP contribution in [0.5, 0.6) is 0 Å². The van der Waals surface area contributed by atoms with E-state index in [1.54, 1.807) is 12.1 Å². The maximum Gasteiger partial charge on any atom is 0.193 e. The Bertz CT molecular complexity index is 252. The molecule has 1 atom stereocenters. The molecule has 1 heterocycles. The van der Waals surface area contributed by atoms with Gasteiger partial charge in [0.15, 0.2) is 5.22 Å². The molecule has 0 aliphatic carbocycles.